The van der Waals surface area contributed by atoms with Crippen molar-refractivity contribution in [1.29, 1.82) is 0 Å². The molecule has 0 aliphatic carbocycles. The van der Waals surface area contributed by atoms with Crippen LogP contribution < -0.4 is 11.3 Å². The van der Waals surface area contributed by atoms with E-state index in [9.17, 15) is 4.79 Å². The standard InChI is InChI=1S/C12H13N5OS2/c1-7(13)6-8-10(16-12-17(8)4-5-19-12)20-11-14-3-2-9(18)15-11/h2-5,7H,6,13H2,1H3,(H,14,15,18). The number of nitrogens with one attached hydrogen (secondary N) is 1. The van der Waals surface area contributed by atoms with E-state index in [1.165, 1.54) is 24.0 Å². The van der Waals surface area contributed by atoms with Crippen molar-refractivity contribution in [3.8, 4) is 0 Å². The maximum absolute atomic E-state index is 11.3. The lowest BCUT2D eigenvalue weighted by atomic mass is 10.2. The predicted octanol–water partition coefficient (Wildman–Crippen LogP) is 1.52. The van der Waals surface area contributed by atoms with Gasteiger partial charge in [-0.3, -0.25) is 9.20 Å². The van der Waals surface area contributed by atoms with Crippen LogP contribution in [0.25, 0.3) is 4.96 Å². The summed E-state index contributed by atoms with van der Waals surface area (Å²) in [5.41, 5.74) is 6.79. The number of nitrogens with zero attached hydrogens (tertiary/aromatic N) is 3. The molecule has 3 N–H and O–H groups in total. The van der Waals surface area contributed by atoms with Crippen LogP contribution in [0.2, 0.25) is 0 Å². The van der Waals surface area contributed by atoms with Crippen LogP contribution in [-0.4, -0.2) is 25.4 Å². The summed E-state index contributed by atoms with van der Waals surface area (Å²) in [5.74, 6) is 0. The zero-order valence-electron chi connectivity index (χ0n) is 10.7. The second-order valence-corrected chi connectivity index (χ2v) is 6.29. The Morgan fingerprint density at radius 1 is 1.60 bits per heavy atom. The van der Waals surface area contributed by atoms with E-state index in [1.54, 1.807) is 11.3 Å². The van der Waals surface area contributed by atoms with Crippen molar-refractivity contribution >= 4 is 28.1 Å². The van der Waals surface area contributed by atoms with Gasteiger partial charge in [-0.1, -0.05) is 0 Å². The third-order valence-electron chi connectivity index (χ3n) is 2.68. The molecule has 1 atom stereocenters. The van der Waals surface area contributed by atoms with Crippen molar-refractivity contribution in [1.82, 2.24) is 19.4 Å². The van der Waals surface area contributed by atoms with Crippen molar-refractivity contribution < 1.29 is 0 Å². The van der Waals surface area contributed by atoms with E-state index in [0.29, 0.717) is 5.16 Å². The van der Waals surface area contributed by atoms with Crippen LogP contribution in [0.1, 0.15) is 12.6 Å². The monoisotopic (exact) mass is 307 g/mol. The summed E-state index contributed by atoms with van der Waals surface area (Å²) in [4.78, 5) is 23.6. The summed E-state index contributed by atoms with van der Waals surface area (Å²) in [6.07, 6.45) is 4.19. The molecule has 0 bridgehead atoms. The van der Waals surface area contributed by atoms with Crippen LogP contribution in [0, 0.1) is 0 Å². The molecule has 8 heteroatoms. The molecule has 0 saturated heterocycles. The summed E-state index contributed by atoms with van der Waals surface area (Å²) >= 11 is 2.92. The fraction of sp³-hybridized carbons (Fsp3) is 0.250. The number of fused-ring (bicyclic) bond motifs is 1. The molecule has 3 rings (SSSR count). The molecule has 20 heavy (non-hydrogen) atoms. The van der Waals surface area contributed by atoms with Gasteiger partial charge < -0.3 is 10.7 Å². The maximum Gasteiger partial charge on any atom is 0.251 e. The quantitative estimate of drug-likeness (QED) is 0.713. The molecule has 0 aliphatic rings. The highest BCUT2D eigenvalue weighted by molar-refractivity contribution is 7.99. The molecule has 0 aliphatic heterocycles. The first-order chi connectivity index (χ1) is 9.63. The number of aromatic amines is 1. The topological polar surface area (TPSA) is 89.1 Å². The fourth-order valence-corrected chi connectivity index (χ4v) is 3.55. The molecule has 0 saturated carbocycles. The average Bonchev–Trinajstić information content (AvgIpc) is 2.93. The Labute approximate surface area is 123 Å². The van der Waals surface area contributed by atoms with Gasteiger partial charge in [-0.2, -0.15) is 0 Å². The van der Waals surface area contributed by atoms with Crippen LogP contribution in [0.3, 0.4) is 0 Å². The highest BCUT2D eigenvalue weighted by Gasteiger charge is 2.16. The van der Waals surface area contributed by atoms with Crippen molar-refractivity contribution in [3.63, 3.8) is 0 Å². The van der Waals surface area contributed by atoms with Gasteiger partial charge in [-0.25, -0.2) is 9.97 Å². The van der Waals surface area contributed by atoms with E-state index in [-0.39, 0.29) is 11.6 Å². The second-order valence-electron chi connectivity index (χ2n) is 4.44. The number of nitrogens with two attached hydrogens (primary N) is 1. The molecule has 0 aromatic carbocycles. The molecule has 0 amide bonds. The second kappa shape index (κ2) is 5.39. The molecule has 6 nitrogen and oxygen atoms in total. The zero-order valence-corrected chi connectivity index (χ0v) is 12.4. The van der Waals surface area contributed by atoms with Crippen LogP contribution in [0.5, 0.6) is 0 Å². The Morgan fingerprint density at radius 2 is 2.45 bits per heavy atom. The summed E-state index contributed by atoms with van der Waals surface area (Å²) in [6, 6.07) is 1.43. The number of imidazole rings is 1. The largest absolute Gasteiger partial charge is 0.328 e. The number of rotatable bonds is 4. The first kappa shape index (κ1) is 13.3. The van der Waals surface area contributed by atoms with Crippen molar-refractivity contribution in [2.45, 2.75) is 29.6 Å². The van der Waals surface area contributed by atoms with E-state index in [4.69, 9.17) is 5.73 Å². The Morgan fingerprint density at radius 3 is 3.20 bits per heavy atom. The molecule has 3 aromatic rings. The number of aromatic nitrogens is 4. The van der Waals surface area contributed by atoms with Crippen LogP contribution in [-0.2, 0) is 6.42 Å². The Hall–Kier alpha value is -1.64. The maximum atomic E-state index is 11.3. The summed E-state index contributed by atoms with van der Waals surface area (Å²) < 4.78 is 2.04. The minimum absolute atomic E-state index is 0.0388. The van der Waals surface area contributed by atoms with Crippen LogP contribution in [0.15, 0.2) is 38.8 Å². The number of thiazole rings is 1. The van der Waals surface area contributed by atoms with Crippen molar-refractivity contribution in [2.24, 2.45) is 5.73 Å². The van der Waals surface area contributed by atoms with Gasteiger partial charge in [0.1, 0.15) is 5.03 Å². The molecular formula is C12H13N5OS2. The molecule has 1 unspecified atom stereocenters. The fourth-order valence-electron chi connectivity index (χ4n) is 1.88. The first-order valence-corrected chi connectivity index (χ1v) is 7.76. The van der Waals surface area contributed by atoms with Crippen molar-refractivity contribution in [2.75, 3.05) is 0 Å². The minimum atomic E-state index is -0.169. The Balaban J connectivity index is 2.01. The van der Waals surface area contributed by atoms with Gasteiger partial charge in [0.25, 0.3) is 5.56 Å². The number of hydrogen-bond acceptors (Lipinski definition) is 6. The summed E-state index contributed by atoms with van der Waals surface area (Å²) in [5, 5.41) is 3.36. The molecule has 3 heterocycles. The summed E-state index contributed by atoms with van der Waals surface area (Å²) in [7, 11) is 0. The Kier molecular flexibility index (Phi) is 3.60. The van der Waals surface area contributed by atoms with Gasteiger partial charge in [0.15, 0.2) is 10.1 Å². The molecule has 104 valence electrons. The van der Waals surface area contributed by atoms with Gasteiger partial charge in [0, 0.05) is 36.3 Å². The molecule has 3 aromatic heterocycles. The van der Waals surface area contributed by atoms with Crippen molar-refractivity contribution in [3.05, 3.63) is 39.9 Å². The first-order valence-electron chi connectivity index (χ1n) is 6.06. The van der Waals surface area contributed by atoms with Gasteiger partial charge >= 0.3 is 0 Å². The van der Waals surface area contributed by atoms with E-state index in [0.717, 1.165) is 22.1 Å². The normalized spacial score (nSPS) is 12.9. The molecule has 0 fully saturated rings. The molecule has 0 radical (unpaired) electrons. The van der Waals surface area contributed by atoms with E-state index >= 15 is 0 Å². The lowest BCUT2D eigenvalue weighted by molar-refractivity contribution is 0.705. The smallest absolute Gasteiger partial charge is 0.251 e. The van der Waals surface area contributed by atoms with Gasteiger partial charge in [-0.15, -0.1) is 11.3 Å². The van der Waals surface area contributed by atoms with E-state index in [2.05, 4.69) is 15.0 Å². The number of hydrogen-bond donors (Lipinski definition) is 2. The van der Waals surface area contributed by atoms with Crippen LogP contribution in [0.4, 0.5) is 0 Å². The SMILES string of the molecule is CC(N)Cc1c(Sc2nccc(=O)[nH]2)nc2sccn12. The van der Waals surface area contributed by atoms with Crippen LogP contribution >= 0.6 is 23.1 Å². The van der Waals surface area contributed by atoms with E-state index in [1.807, 2.05) is 22.9 Å². The highest BCUT2D eigenvalue weighted by Crippen LogP contribution is 2.29. The lowest BCUT2D eigenvalue weighted by Crippen LogP contribution is -2.19. The van der Waals surface area contributed by atoms with Gasteiger partial charge in [0.05, 0.1) is 5.69 Å². The summed E-state index contributed by atoms with van der Waals surface area (Å²) in [6.45, 7) is 1.96. The molecular weight excluding hydrogens is 294 g/mol. The van der Waals surface area contributed by atoms with Gasteiger partial charge in [0.2, 0.25) is 0 Å². The molecule has 0 spiro atoms. The predicted molar refractivity (Wildman–Crippen MR) is 79.4 cm³/mol. The third kappa shape index (κ3) is 2.62. The average molecular weight is 307 g/mol. The zero-order chi connectivity index (χ0) is 14.1. The minimum Gasteiger partial charge on any atom is -0.328 e. The van der Waals surface area contributed by atoms with E-state index < -0.39 is 0 Å². The Bertz CT molecular complexity index is 788. The lowest BCUT2D eigenvalue weighted by Gasteiger charge is -2.06. The highest BCUT2D eigenvalue weighted by atomic mass is 32.2. The number of H-pyrrole nitrogens is 1. The third-order valence-corrected chi connectivity index (χ3v) is 4.36. The van der Waals surface area contributed by atoms with Gasteiger partial charge in [-0.05, 0) is 18.7 Å².